The molecular formula is C14H17FN4O. The van der Waals surface area contributed by atoms with E-state index in [2.05, 4.69) is 5.10 Å². The minimum absolute atomic E-state index is 0.314. The molecule has 2 rings (SSSR count). The van der Waals surface area contributed by atoms with Gasteiger partial charge in [0.2, 0.25) is 0 Å². The third kappa shape index (κ3) is 2.36. The standard InChI is InChI=1S/C14H17FN4O/c1-4-11-12(16)13(19(3)17-11)14(20)18(2)10-7-5-6-9(15)8-10/h5-8H,4,16H2,1-3H3. The van der Waals surface area contributed by atoms with Gasteiger partial charge in [0, 0.05) is 19.8 Å². The first kappa shape index (κ1) is 14.0. The van der Waals surface area contributed by atoms with Crippen LogP contribution in [0.2, 0.25) is 0 Å². The van der Waals surface area contributed by atoms with Gasteiger partial charge < -0.3 is 10.6 Å². The van der Waals surface area contributed by atoms with Gasteiger partial charge in [-0.25, -0.2) is 4.39 Å². The number of halogens is 1. The highest BCUT2D eigenvalue weighted by molar-refractivity contribution is 6.08. The zero-order valence-corrected chi connectivity index (χ0v) is 11.7. The second kappa shape index (κ2) is 5.32. The number of carbonyl (C=O) groups excluding carboxylic acids is 1. The zero-order valence-electron chi connectivity index (χ0n) is 11.7. The third-order valence-electron chi connectivity index (χ3n) is 3.20. The van der Waals surface area contributed by atoms with E-state index in [-0.39, 0.29) is 5.91 Å². The van der Waals surface area contributed by atoms with E-state index in [0.717, 1.165) is 0 Å². The Hall–Kier alpha value is -2.37. The zero-order chi connectivity index (χ0) is 14.9. The molecule has 106 valence electrons. The summed E-state index contributed by atoms with van der Waals surface area (Å²) >= 11 is 0. The summed E-state index contributed by atoms with van der Waals surface area (Å²) in [6.45, 7) is 1.92. The van der Waals surface area contributed by atoms with E-state index >= 15 is 0 Å². The number of rotatable bonds is 3. The molecule has 0 fully saturated rings. The van der Waals surface area contributed by atoms with Crippen molar-refractivity contribution in [2.75, 3.05) is 17.7 Å². The Kier molecular flexibility index (Phi) is 3.74. The van der Waals surface area contributed by atoms with Crippen molar-refractivity contribution in [3.8, 4) is 0 Å². The van der Waals surface area contributed by atoms with Gasteiger partial charge in [-0.3, -0.25) is 9.48 Å². The summed E-state index contributed by atoms with van der Waals surface area (Å²) in [4.78, 5) is 13.8. The Bertz CT molecular complexity index is 651. The molecule has 1 heterocycles. The SMILES string of the molecule is CCc1nn(C)c(C(=O)N(C)c2cccc(F)c2)c1N. The van der Waals surface area contributed by atoms with Crippen LogP contribution in [0.15, 0.2) is 24.3 Å². The molecule has 0 bridgehead atoms. The molecule has 0 aliphatic rings. The van der Waals surface area contributed by atoms with Gasteiger partial charge in [0.25, 0.3) is 5.91 Å². The Labute approximate surface area is 116 Å². The maximum Gasteiger partial charge on any atom is 0.278 e. The minimum atomic E-state index is -0.394. The van der Waals surface area contributed by atoms with E-state index in [1.54, 1.807) is 26.2 Å². The van der Waals surface area contributed by atoms with Crippen molar-refractivity contribution < 1.29 is 9.18 Å². The molecule has 20 heavy (non-hydrogen) atoms. The van der Waals surface area contributed by atoms with Crippen LogP contribution in [0.1, 0.15) is 23.1 Å². The molecule has 0 atom stereocenters. The summed E-state index contributed by atoms with van der Waals surface area (Å²) in [5.74, 6) is -0.711. The Morgan fingerprint density at radius 3 is 2.75 bits per heavy atom. The Morgan fingerprint density at radius 1 is 1.50 bits per heavy atom. The van der Waals surface area contributed by atoms with Crippen LogP contribution < -0.4 is 10.6 Å². The molecule has 2 aromatic rings. The third-order valence-corrected chi connectivity index (χ3v) is 3.20. The highest BCUT2D eigenvalue weighted by atomic mass is 19.1. The molecular weight excluding hydrogens is 259 g/mol. The van der Waals surface area contributed by atoms with Crippen molar-refractivity contribution in [3.63, 3.8) is 0 Å². The van der Waals surface area contributed by atoms with Crippen LogP contribution >= 0.6 is 0 Å². The highest BCUT2D eigenvalue weighted by Gasteiger charge is 2.23. The van der Waals surface area contributed by atoms with Crippen molar-refractivity contribution in [2.45, 2.75) is 13.3 Å². The van der Waals surface area contributed by atoms with Crippen molar-refractivity contribution in [1.82, 2.24) is 9.78 Å². The number of nitrogen functional groups attached to an aromatic ring is 1. The fraction of sp³-hybridized carbons (Fsp3) is 0.286. The number of hydrogen-bond donors (Lipinski definition) is 1. The topological polar surface area (TPSA) is 64.2 Å². The smallest absolute Gasteiger partial charge is 0.278 e. The van der Waals surface area contributed by atoms with Gasteiger partial charge in [0.1, 0.15) is 11.5 Å². The van der Waals surface area contributed by atoms with Crippen LogP contribution in [-0.2, 0) is 13.5 Å². The van der Waals surface area contributed by atoms with Crippen molar-refractivity contribution in [3.05, 3.63) is 41.5 Å². The van der Waals surface area contributed by atoms with Gasteiger partial charge in [-0.1, -0.05) is 13.0 Å². The number of hydrogen-bond acceptors (Lipinski definition) is 3. The summed E-state index contributed by atoms with van der Waals surface area (Å²) in [5, 5.41) is 4.21. The molecule has 0 saturated heterocycles. The summed E-state index contributed by atoms with van der Waals surface area (Å²) in [7, 11) is 3.25. The van der Waals surface area contributed by atoms with E-state index in [4.69, 9.17) is 5.73 Å². The van der Waals surface area contributed by atoms with Gasteiger partial charge in [-0.2, -0.15) is 5.10 Å². The number of nitrogens with two attached hydrogens (primary N) is 1. The summed E-state index contributed by atoms with van der Waals surface area (Å²) in [6.07, 6.45) is 0.649. The van der Waals surface area contributed by atoms with Gasteiger partial charge in [0.05, 0.1) is 11.4 Å². The lowest BCUT2D eigenvalue weighted by molar-refractivity contribution is 0.0985. The molecule has 5 nitrogen and oxygen atoms in total. The highest BCUT2D eigenvalue weighted by Crippen LogP contribution is 2.22. The maximum absolute atomic E-state index is 13.2. The number of benzene rings is 1. The van der Waals surface area contributed by atoms with Gasteiger partial charge in [0.15, 0.2) is 0 Å². The lowest BCUT2D eigenvalue weighted by atomic mass is 10.2. The van der Waals surface area contributed by atoms with Gasteiger partial charge in [-0.15, -0.1) is 0 Å². The molecule has 0 saturated carbocycles. The van der Waals surface area contributed by atoms with Crippen LogP contribution in [0.4, 0.5) is 15.8 Å². The number of carbonyl (C=O) groups is 1. The van der Waals surface area contributed by atoms with Crippen molar-refractivity contribution in [1.29, 1.82) is 0 Å². The van der Waals surface area contributed by atoms with E-state index in [9.17, 15) is 9.18 Å². The summed E-state index contributed by atoms with van der Waals surface area (Å²) in [5.41, 5.74) is 7.80. The normalized spacial score (nSPS) is 10.6. The molecule has 1 aromatic heterocycles. The first-order valence-electron chi connectivity index (χ1n) is 6.30. The lowest BCUT2D eigenvalue weighted by Gasteiger charge is -2.17. The molecule has 1 aromatic carbocycles. The van der Waals surface area contributed by atoms with Crippen molar-refractivity contribution in [2.24, 2.45) is 7.05 Å². The van der Waals surface area contributed by atoms with E-state index < -0.39 is 5.82 Å². The van der Waals surface area contributed by atoms with E-state index in [1.165, 1.54) is 21.7 Å². The quantitative estimate of drug-likeness (QED) is 0.932. The molecule has 0 aliphatic heterocycles. The molecule has 6 heteroatoms. The molecule has 0 radical (unpaired) electrons. The van der Waals surface area contributed by atoms with Gasteiger partial charge >= 0.3 is 0 Å². The predicted octanol–water partition coefficient (Wildman–Crippen LogP) is 1.98. The summed E-state index contributed by atoms with van der Waals surface area (Å²) < 4.78 is 14.7. The van der Waals surface area contributed by atoms with E-state index in [0.29, 0.717) is 29.2 Å². The Morgan fingerprint density at radius 2 is 2.20 bits per heavy atom. The predicted molar refractivity (Wildman–Crippen MR) is 76.1 cm³/mol. The molecule has 2 N–H and O–H groups in total. The van der Waals surface area contributed by atoms with Crippen LogP contribution in [0, 0.1) is 5.82 Å². The van der Waals surface area contributed by atoms with Crippen LogP contribution in [0.3, 0.4) is 0 Å². The van der Waals surface area contributed by atoms with Gasteiger partial charge in [-0.05, 0) is 24.6 Å². The molecule has 0 unspecified atom stereocenters. The van der Waals surface area contributed by atoms with Crippen LogP contribution in [0.5, 0.6) is 0 Å². The molecule has 0 aliphatic carbocycles. The van der Waals surface area contributed by atoms with E-state index in [1.807, 2.05) is 6.92 Å². The lowest BCUT2D eigenvalue weighted by Crippen LogP contribution is -2.29. The largest absolute Gasteiger partial charge is 0.395 e. The maximum atomic E-state index is 13.2. The fourth-order valence-corrected chi connectivity index (χ4v) is 2.07. The first-order chi connectivity index (χ1) is 9.45. The second-order valence-electron chi connectivity index (χ2n) is 4.53. The first-order valence-corrected chi connectivity index (χ1v) is 6.30. The Balaban J connectivity index is 2.39. The number of amides is 1. The number of anilines is 2. The average molecular weight is 276 g/mol. The molecule has 1 amide bonds. The number of aromatic nitrogens is 2. The van der Waals surface area contributed by atoms with Crippen LogP contribution in [0.25, 0.3) is 0 Å². The fourth-order valence-electron chi connectivity index (χ4n) is 2.07. The average Bonchev–Trinajstić information content (AvgIpc) is 2.71. The second-order valence-corrected chi connectivity index (χ2v) is 4.53. The monoisotopic (exact) mass is 276 g/mol. The minimum Gasteiger partial charge on any atom is -0.395 e. The molecule has 0 spiro atoms. The summed E-state index contributed by atoms with van der Waals surface area (Å²) in [6, 6.07) is 5.84. The van der Waals surface area contributed by atoms with Crippen LogP contribution in [-0.4, -0.2) is 22.7 Å². The van der Waals surface area contributed by atoms with Crippen molar-refractivity contribution >= 4 is 17.3 Å². The number of nitrogens with zero attached hydrogens (tertiary/aromatic N) is 3. The number of aryl methyl sites for hydroxylation is 2.